The fourth-order valence-corrected chi connectivity index (χ4v) is 6.70. The van der Waals surface area contributed by atoms with Crippen LogP contribution in [-0.4, -0.2) is 45.5 Å². The molecule has 1 fully saturated rings. The van der Waals surface area contributed by atoms with E-state index in [1.54, 1.807) is 13.3 Å². The third-order valence-electron chi connectivity index (χ3n) is 8.26. The van der Waals surface area contributed by atoms with Crippen molar-refractivity contribution in [2.24, 2.45) is 0 Å². The zero-order valence-corrected chi connectivity index (χ0v) is 25.4. The summed E-state index contributed by atoms with van der Waals surface area (Å²) in [7, 11) is 1.64. The monoisotopic (exact) mass is 625 g/mol. The van der Waals surface area contributed by atoms with Gasteiger partial charge in [0.05, 0.1) is 34.1 Å². The molecule has 4 heterocycles. The second-order valence-electron chi connectivity index (χ2n) is 10.9. The first-order chi connectivity index (χ1) is 21.5. The van der Waals surface area contributed by atoms with Crippen molar-refractivity contribution in [1.82, 2.24) is 30.6 Å². The fraction of sp³-hybridized carbons (Fsp3) is 0.242. The van der Waals surface area contributed by atoms with E-state index in [1.165, 1.54) is 11.9 Å². The Morgan fingerprint density at radius 2 is 1.77 bits per heavy atom. The van der Waals surface area contributed by atoms with Gasteiger partial charge in [0.2, 0.25) is 11.8 Å². The molecule has 2 atom stereocenters. The molecule has 2 aliphatic rings. The van der Waals surface area contributed by atoms with E-state index in [2.05, 4.69) is 37.0 Å². The molecule has 0 radical (unpaired) electrons. The van der Waals surface area contributed by atoms with Crippen LogP contribution >= 0.6 is 23.2 Å². The Hall–Kier alpha value is -4.31. The van der Waals surface area contributed by atoms with E-state index >= 15 is 0 Å². The normalized spacial score (nSPS) is 17.5. The maximum atomic E-state index is 11.6. The summed E-state index contributed by atoms with van der Waals surface area (Å²) in [6, 6.07) is 17.7. The Bertz CT molecular complexity index is 1900. The van der Waals surface area contributed by atoms with Crippen molar-refractivity contribution in [3.05, 3.63) is 88.3 Å². The number of carbonyl (C=O) groups excluding carboxylic acids is 1. The van der Waals surface area contributed by atoms with E-state index in [9.17, 15) is 4.79 Å². The molecule has 222 valence electrons. The molecule has 11 heteroatoms. The Labute approximate surface area is 264 Å². The molecule has 1 aliphatic carbocycles. The quantitative estimate of drug-likeness (QED) is 0.175. The summed E-state index contributed by atoms with van der Waals surface area (Å²) in [4.78, 5) is 29.6. The van der Waals surface area contributed by atoms with E-state index in [0.717, 1.165) is 52.7 Å². The topological polar surface area (TPSA) is 114 Å². The molecule has 44 heavy (non-hydrogen) atoms. The first kappa shape index (κ1) is 28.5. The maximum Gasteiger partial charge on any atom is 0.220 e. The zero-order chi connectivity index (χ0) is 30.2. The number of ether oxygens (including phenoxy) is 1. The molecule has 0 bridgehead atoms. The Morgan fingerprint density at radius 3 is 2.59 bits per heavy atom. The lowest BCUT2D eigenvalue weighted by molar-refractivity contribution is -0.119. The summed E-state index contributed by atoms with van der Waals surface area (Å²) in [5.41, 5.74) is 7.37. The standard InChI is InChI=1S/C33H29Cl2N7O2/c1-44-33-28-18(10-12-23(28)37-16-19-11-13-27(43)40-19)15-26(42-33)22-7-2-5-20(29(22)34)21-6-3-8-24(30(21)35)41-32-31-25(38-17-39-32)9-4-14-36-31/h2-9,14-15,17,19,23,37H,10-13,16H2,1H3,(H,40,43)(H,38,39,41)/t19-,23-/m0/s1. The number of rotatable bonds is 8. The molecule has 1 aliphatic heterocycles. The number of fused-ring (bicyclic) bond motifs is 2. The van der Waals surface area contributed by atoms with Crippen molar-refractivity contribution >= 4 is 51.6 Å². The van der Waals surface area contributed by atoms with Gasteiger partial charge in [0.1, 0.15) is 11.8 Å². The van der Waals surface area contributed by atoms with Gasteiger partial charge < -0.3 is 20.7 Å². The summed E-state index contributed by atoms with van der Waals surface area (Å²) in [6.45, 7) is 0.716. The van der Waals surface area contributed by atoms with Crippen molar-refractivity contribution in [2.75, 3.05) is 19.0 Å². The van der Waals surface area contributed by atoms with Gasteiger partial charge in [-0.25, -0.2) is 15.0 Å². The number of aromatic nitrogens is 4. The number of anilines is 2. The van der Waals surface area contributed by atoms with Crippen LogP contribution in [0.1, 0.15) is 36.4 Å². The summed E-state index contributed by atoms with van der Waals surface area (Å²) in [5, 5.41) is 11.0. The van der Waals surface area contributed by atoms with E-state index < -0.39 is 0 Å². The number of nitrogens with one attached hydrogen (secondary N) is 3. The van der Waals surface area contributed by atoms with Gasteiger partial charge >= 0.3 is 0 Å². The number of nitrogens with zero attached hydrogens (tertiary/aromatic N) is 4. The number of hydrogen-bond acceptors (Lipinski definition) is 8. The SMILES string of the molecule is COc1nc(-c2cccc(-c3cccc(Nc4ncnc5cccnc45)c3Cl)c2Cl)cc2c1[C@@H](NC[C@@H]1CCC(=O)N1)CC2. The lowest BCUT2D eigenvalue weighted by Crippen LogP contribution is -2.36. The number of halogens is 2. The fourth-order valence-electron chi connectivity index (χ4n) is 6.11. The second-order valence-corrected chi connectivity index (χ2v) is 11.7. The van der Waals surface area contributed by atoms with Crippen molar-refractivity contribution in [1.29, 1.82) is 0 Å². The average Bonchev–Trinajstić information content (AvgIpc) is 3.66. The number of methoxy groups -OCH3 is 1. The highest BCUT2D eigenvalue weighted by molar-refractivity contribution is 6.39. The molecule has 1 amide bonds. The van der Waals surface area contributed by atoms with E-state index in [1.807, 2.05) is 48.5 Å². The lowest BCUT2D eigenvalue weighted by Gasteiger charge is -2.20. The van der Waals surface area contributed by atoms with Crippen LogP contribution in [0.5, 0.6) is 5.88 Å². The summed E-state index contributed by atoms with van der Waals surface area (Å²) < 4.78 is 5.81. The minimum Gasteiger partial charge on any atom is -0.481 e. The van der Waals surface area contributed by atoms with E-state index in [4.69, 9.17) is 32.9 Å². The van der Waals surface area contributed by atoms with E-state index in [-0.39, 0.29) is 18.0 Å². The first-order valence-electron chi connectivity index (χ1n) is 14.5. The van der Waals surface area contributed by atoms with Crippen LogP contribution in [0.15, 0.2) is 67.1 Å². The molecule has 0 unspecified atom stereocenters. The van der Waals surface area contributed by atoms with Crippen LogP contribution < -0.4 is 20.7 Å². The highest BCUT2D eigenvalue weighted by Gasteiger charge is 2.30. The van der Waals surface area contributed by atoms with Gasteiger partial charge in [0.25, 0.3) is 0 Å². The van der Waals surface area contributed by atoms with Crippen molar-refractivity contribution < 1.29 is 9.53 Å². The van der Waals surface area contributed by atoms with Gasteiger partial charge in [0, 0.05) is 53.5 Å². The van der Waals surface area contributed by atoms with Crippen molar-refractivity contribution in [3.63, 3.8) is 0 Å². The second kappa shape index (κ2) is 12.0. The Kier molecular flexibility index (Phi) is 7.76. The number of hydrogen-bond donors (Lipinski definition) is 3. The van der Waals surface area contributed by atoms with Crippen molar-refractivity contribution in [3.8, 4) is 28.3 Å². The highest BCUT2D eigenvalue weighted by atomic mass is 35.5. The number of carbonyl (C=O) groups is 1. The van der Waals surface area contributed by atoms with Crippen LogP contribution in [0.3, 0.4) is 0 Å². The van der Waals surface area contributed by atoms with Crippen LogP contribution in [0.4, 0.5) is 11.5 Å². The summed E-state index contributed by atoms with van der Waals surface area (Å²) >= 11 is 14.1. The molecule has 9 nitrogen and oxygen atoms in total. The van der Waals surface area contributed by atoms with E-state index in [0.29, 0.717) is 45.9 Å². The molecule has 1 saturated heterocycles. The molecule has 0 spiro atoms. The van der Waals surface area contributed by atoms with Gasteiger partial charge in [-0.15, -0.1) is 0 Å². The molecular weight excluding hydrogens is 597 g/mol. The number of amides is 1. The van der Waals surface area contributed by atoms with Crippen LogP contribution in [0.25, 0.3) is 33.4 Å². The van der Waals surface area contributed by atoms with Gasteiger partial charge in [-0.05, 0) is 49.1 Å². The average molecular weight is 627 g/mol. The smallest absolute Gasteiger partial charge is 0.220 e. The molecule has 5 aromatic rings. The maximum absolute atomic E-state index is 11.6. The predicted octanol–water partition coefficient (Wildman–Crippen LogP) is 6.67. The Balaban J connectivity index is 1.19. The van der Waals surface area contributed by atoms with Crippen LogP contribution in [0.2, 0.25) is 10.0 Å². The molecule has 3 aromatic heterocycles. The molecule has 2 aromatic carbocycles. The molecule has 3 N–H and O–H groups in total. The third-order valence-corrected chi connectivity index (χ3v) is 9.07. The van der Waals surface area contributed by atoms with Gasteiger partial charge in [-0.1, -0.05) is 53.5 Å². The highest BCUT2D eigenvalue weighted by Crippen LogP contribution is 2.44. The minimum atomic E-state index is 0.108. The number of pyridine rings is 2. The third kappa shape index (κ3) is 5.32. The largest absolute Gasteiger partial charge is 0.481 e. The van der Waals surface area contributed by atoms with Crippen LogP contribution in [0, 0.1) is 0 Å². The number of aryl methyl sites for hydroxylation is 1. The predicted molar refractivity (Wildman–Crippen MR) is 173 cm³/mol. The summed E-state index contributed by atoms with van der Waals surface area (Å²) in [5.74, 6) is 1.26. The first-order valence-corrected chi connectivity index (χ1v) is 15.3. The van der Waals surface area contributed by atoms with Gasteiger partial charge in [-0.2, -0.15) is 0 Å². The molecule has 0 saturated carbocycles. The lowest BCUT2D eigenvalue weighted by atomic mass is 9.99. The minimum absolute atomic E-state index is 0.108. The van der Waals surface area contributed by atoms with Gasteiger partial charge in [0.15, 0.2) is 5.82 Å². The van der Waals surface area contributed by atoms with Crippen LogP contribution in [-0.2, 0) is 11.2 Å². The summed E-state index contributed by atoms with van der Waals surface area (Å²) in [6.07, 6.45) is 6.46. The molecule has 7 rings (SSSR count). The Morgan fingerprint density at radius 1 is 0.955 bits per heavy atom. The molecular formula is C33H29Cl2N7O2. The number of benzene rings is 2. The van der Waals surface area contributed by atoms with Crippen molar-refractivity contribution in [2.45, 2.75) is 37.8 Å². The van der Waals surface area contributed by atoms with Gasteiger partial charge in [-0.3, -0.25) is 9.78 Å². The zero-order valence-electron chi connectivity index (χ0n) is 23.9.